The third-order valence-electron chi connectivity index (χ3n) is 6.87. The molecule has 31 heavy (non-hydrogen) atoms. The molecule has 0 N–H and O–H groups in total. The Morgan fingerprint density at radius 3 is 2.55 bits per heavy atom. The molecule has 160 valence electrons. The summed E-state index contributed by atoms with van der Waals surface area (Å²) in [4.78, 5) is 19.5. The van der Waals surface area contributed by atoms with Crippen molar-refractivity contribution in [1.29, 1.82) is 0 Å². The molecule has 4 heterocycles. The average molecular weight is 419 g/mol. The van der Waals surface area contributed by atoms with Crippen molar-refractivity contribution in [2.75, 3.05) is 24.6 Å². The van der Waals surface area contributed by atoms with Gasteiger partial charge in [-0.15, -0.1) is 5.10 Å². The van der Waals surface area contributed by atoms with Gasteiger partial charge >= 0.3 is 0 Å². The summed E-state index contributed by atoms with van der Waals surface area (Å²) >= 11 is 0. The van der Waals surface area contributed by atoms with Crippen LogP contribution in [0, 0.1) is 17.8 Å². The van der Waals surface area contributed by atoms with Gasteiger partial charge in [-0.2, -0.15) is 0 Å². The Hall–Kier alpha value is -2.94. The molecule has 4 atom stereocenters. The van der Waals surface area contributed by atoms with Crippen LogP contribution in [0.5, 0.6) is 0 Å². The molecule has 3 aromatic heterocycles. The summed E-state index contributed by atoms with van der Waals surface area (Å²) in [6.07, 6.45) is 15.5. The second kappa shape index (κ2) is 7.96. The van der Waals surface area contributed by atoms with Gasteiger partial charge in [-0.1, -0.05) is 5.21 Å². The van der Waals surface area contributed by atoms with E-state index in [2.05, 4.69) is 35.1 Å². The van der Waals surface area contributed by atoms with Crippen molar-refractivity contribution >= 4 is 5.95 Å². The summed E-state index contributed by atoms with van der Waals surface area (Å²) in [5, 5.41) is 8.89. The van der Waals surface area contributed by atoms with E-state index in [0.29, 0.717) is 11.8 Å². The number of fused-ring (bicyclic) bond motifs is 1. The third-order valence-corrected chi connectivity index (χ3v) is 6.87. The van der Waals surface area contributed by atoms with Crippen LogP contribution in [0.15, 0.2) is 43.4 Å². The van der Waals surface area contributed by atoms with Crippen LogP contribution in [0.4, 0.5) is 5.95 Å². The van der Waals surface area contributed by atoms with Crippen LogP contribution in [-0.4, -0.2) is 60.7 Å². The quantitative estimate of drug-likeness (QED) is 0.602. The van der Waals surface area contributed by atoms with Gasteiger partial charge in [0, 0.05) is 50.0 Å². The monoisotopic (exact) mass is 418 g/mol. The van der Waals surface area contributed by atoms with Crippen LogP contribution < -0.4 is 4.90 Å². The summed E-state index contributed by atoms with van der Waals surface area (Å²) in [5.41, 5.74) is 1.68. The zero-order chi connectivity index (χ0) is 20.6. The standard InChI is InChI=1S/C22H26N8O/c1-4-25-22(26-5-1)29-10-16-6-20(21(7-17(16)11-29)31-13-15-2-3-15)30-12-19(27-28-30)18-8-23-14-24-9-18/h1,4-5,8-9,12,14-17,20-21H,2-3,6-7,10-11,13H2/t16-,17+,20-,21-/m1/s1. The fourth-order valence-electron chi connectivity index (χ4n) is 5.01. The van der Waals surface area contributed by atoms with Crippen LogP contribution in [0.25, 0.3) is 11.3 Å². The fourth-order valence-corrected chi connectivity index (χ4v) is 5.01. The van der Waals surface area contributed by atoms with Crippen LogP contribution in [0.3, 0.4) is 0 Å². The van der Waals surface area contributed by atoms with Crippen molar-refractivity contribution in [1.82, 2.24) is 34.9 Å². The van der Waals surface area contributed by atoms with Crippen LogP contribution in [-0.2, 0) is 4.74 Å². The maximum absolute atomic E-state index is 6.47. The highest BCUT2D eigenvalue weighted by atomic mass is 16.5. The minimum Gasteiger partial charge on any atom is -0.376 e. The summed E-state index contributed by atoms with van der Waals surface area (Å²) < 4.78 is 8.49. The molecule has 0 amide bonds. The number of anilines is 1. The third kappa shape index (κ3) is 3.89. The Bertz CT molecular complexity index is 1010. The second-order valence-corrected chi connectivity index (χ2v) is 9.04. The van der Waals surface area contributed by atoms with Crippen molar-refractivity contribution in [2.24, 2.45) is 17.8 Å². The Balaban J connectivity index is 1.23. The summed E-state index contributed by atoms with van der Waals surface area (Å²) in [5.74, 6) is 2.73. The largest absolute Gasteiger partial charge is 0.376 e. The molecular weight excluding hydrogens is 392 g/mol. The first-order valence-corrected chi connectivity index (χ1v) is 11.1. The van der Waals surface area contributed by atoms with Crippen LogP contribution in [0.2, 0.25) is 0 Å². The number of hydrogen-bond acceptors (Lipinski definition) is 8. The summed E-state index contributed by atoms with van der Waals surface area (Å²) in [6, 6.07) is 2.05. The SMILES string of the molecule is c1cnc(N2C[C@H]3C[C@@H](n4cc(-c5cncnc5)nn4)[C@H](OCC4CC4)C[C@H]3C2)nc1. The average Bonchev–Trinajstić information content (AvgIpc) is 3.36. The summed E-state index contributed by atoms with van der Waals surface area (Å²) in [7, 11) is 0. The zero-order valence-corrected chi connectivity index (χ0v) is 17.4. The first-order valence-electron chi connectivity index (χ1n) is 11.1. The van der Waals surface area contributed by atoms with Crippen molar-refractivity contribution < 1.29 is 4.74 Å². The lowest BCUT2D eigenvalue weighted by Gasteiger charge is -2.37. The number of hydrogen-bond donors (Lipinski definition) is 0. The van der Waals surface area contributed by atoms with Gasteiger partial charge in [-0.05, 0) is 49.5 Å². The Kier molecular flexibility index (Phi) is 4.82. The molecule has 0 aromatic carbocycles. The minimum atomic E-state index is 0.153. The number of aromatic nitrogens is 7. The molecular formula is C22H26N8O. The van der Waals surface area contributed by atoms with E-state index in [-0.39, 0.29) is 12.1 Å². The molecule has 1 aliphatic heterocycles. The first-order chi connectivity index (χ1) is 15.3. The Morgan fingerprint density at radius 2 is 1.77 bits per heavy atom. The number of rotatable bonds is 6. The van der Waals surface area contributed by atoms with E-state index >= 15 is 0 Å². The van der Waals surface area contributed by atoms with Gasteiger partial charge in [-0.25, -0.2) is 24.6 Å². The molecule has 9 heteroatoms. The van der Waals surface area contributed by atoms with E-state index in [1.54, 1.807) is 12.4 Å². The van der Waals surface area contributed by atoms with E-state index in [0.717, 1.165) is 55.7 Å². The van der Waals surface area contributed by atoms with E-state index in [4.69, 9.17) is 4.74 Å². The molecule has 0 bridgehead atoms. The molecule has 1 saturated heterocycles. The molecule has 6 rings (SSSR count). The smallest absolute Gasteiger partial charge is 0.225 e. The highest BCUT2D eigenvalue weighted by Gasteiger charge is 2.44. The molecule has 3 fully saturated rings. The Morgan fingerprint density at radius 1 is 1.00 bits per heavy atom. The lowest BCUT2D eigenvalue weighted by molar-refractivity contribution is -0.0375. The topological polar surface area (TPSA) is 94.7 Å². The van der Waals surface area contributed by atoms with Crippen molar-refractivity contribution in [3.05, 3.63) is 43.4 Å². The van der Waals surface area contributed by atoms with Crippen molar-refractivity contribution in [3.8, 4) is 11.3 Å². The van der Waals surface area contributed by atoms with Gasteiger partial charge in [0.25, 0.3) is 0 Å². The highest BCUT2D eigenvalue weighted by molar-refractivity contribution is 5.54. The minimum absolute atomic E-state index is 0.153. The molecule has 0 radical (unpaired) electrons. The normalized spacial score (nSPS) is 27.9. The molecule has 3 aromatic rings. The van der Waals surface area contributed by atoms with E-state index in [1.807, 2.05) is 29.3 Å². The summed E-state index contributed by atoms with van der Waals surface area (Å²) in [6.45, 7) is 2.83. The van der Waals surface area contributed by atoms with Crippen LogP contribution in [0.1, 0.15) is 31.7 Å². The van der Waals surface area contributed by atoms with Crippen molar-refractivity contribution in [3.63, 3.8) is 0 Å². The predicted octanol–water partition coefficient (Wildman–Crippen LogP) is 2.41. The van der Waals surface area contributed by atoms with Gasteiger partial charge in [0.2, 0.25) is 5.95 Å². The maximum atomic E-state index is 6.47. The maximum Gasteiger partial charge on any atom is 0.225 e. The lowest BCUT2D eigenvalue weighted by Crippen LogP contribution is -2.38. The Labute approximate surface area is 180 Å². The van der Waals surface area contributed by atoms with Crippen molar-refractivity contribution in [2.45, 2.75) is 37.8 Å². The molecule has 0 unspecified atom stereocenters. The zero-order valence-electron chi connectivity index (χ0n) is 17.4. The van der Waals surface area contributed by atoms with Crippen LogP contribution >= 0.6 is 0 Å². The van der Waals surface area contributed by atoms with Gasteiger partial charge in [0.15, 0.2) is 0 Å². The molecule has 2 saturated carbocycles. The number of nitrogens with zero attached hydrogens (tertiary/aromatic N) is 8. The fraction of sp³-hybridized carbons (Fsp3) is 0.545. The van der Waals surface area contributed by atoms with Gasteiger partial charge in [0.05, 0.1) is 18.3 Å². The van der Waals surface area contributed by atoms with Gasteiger partial charge in [-0.3, -0.25) is 0 Å². The molecule has 0 spiro atoms. The highest BCUT2D eigenvalue weighted by Crippen LogP contribution is 2.44. The first kappa shape index (κ1) is 18.8. The molecule has 2 aliphatic carbocycles. The van der Waals surface area contributed by atoms with Gasteiger partial charge in [0.1, 0.15) is 12.0 Å². The lowest BCUT2D eigenvalue weighted by atomic mass is 9.77. The molecule has 9 nitrogen and oxygen atoms in total. The van der Waals surface area contributed by atoms with E-state index in [9.17, 15) is 0 Å². The molecule has 3 aliphatic rings. The van der Waals surface area contributed by atoms with E-state index < -0.39 is 0 Å². The second-order valence-electron chi connectivity index (χ2n) is 9.04. The van der Waals surface area contributed by atoms with E-state index in [1.165, 1.54) is 19.2 Å². The van der Waals surface area contributed by atoms with Gasteiger partial charge < -0.3 is 9.64 Å². The number of ether oxygens (including phenoxy) is 1. The predicted molar refractivity (Wildman–Crippen MR) is 113 cm³/mol.